The number of methoxy groups -OCH3 is 1. The highest BCUT2D eigenvalue weighted by molar-refractivity contribution is 5.64. The molecule has 0 radical (unpaired) electrons. The van der Waals surface area contributed by atoms with Crippen LogP contribution in [0.5, 0.6) is 5.75 Å². The molecule has 0 unspecified atom stereocenters. The van der Waals surface area contributed by atoms with Crippen LogP contribution in [0.3, 0.4) is 0 Å². The van der Waals surface area contributed by atoms with Crippen molar-refractivity contribution >= 4 is 5.57 Å². The van der Waals surface area contributed by atoms with E-state index in [0.29, 0.717) is 0 Å². The van der Waals surface area contributed by atoms with Crippen LogP contribution in [0.15, 0.2) is 61.2 Å². The Hall–Kier alpha value is -2.06. The number of rotatable bonds is 7. The van der Waals surface area contributed by atoms with Gasteiger partial charge in [0.05, 0.1) is 7.11 Å². The molecular weight excluding hydrogens is 246 g/mol. The van der Waals surface area contributed by atoms with Gasteiger partial charge < -0.3 is 10.1 Å². The van der Waals surface area contributed by atoms with Gasteiger partial charge in [0.2, 0.25) is 0 Å². The van der Waals surface area contributed by atoms with Crippen molar-refractivity contribution in [3.63, 3.8) is 0 Å². The SMILES string of the molecule is C=C(CNCCc1cccc(OC)c1)c1ccccc1. The fourth-order valence-corrected chi connectivity index (χ4v) is 2.08. The van der Waals surface area contributed by atoms with Crippen LogP contribution in [0.2, 0.25) is 0 Å². The lowest BCUT2D eigenvalue weighted by molar-refractivity contribution is 0.414. The van der Waals surface area contributed by atoms with E-state index in [0.717, 1.165) is 30.8 Å². The van der Waals surface area contributed by atoms with Gasteiger partial charge in [-0.05, 0) is 41.8 Å². The van der Waals surface area contributed by atoms with Crippen molar-refractivity contribution in [2.75, 3.05) is 20.2 Å². The molecule has 0 aliphatic carbocycles. The third kappa shape index (κ3) is 4.25. The molecule has 0 heterocycles. The third-order valence-corrected chi connectivity index (χ3v) is 3.25. The van der Waals surface area contributed by atoms with Crippen molar-refractivity contribution in [2.45, 2.75) is 6.42 Å². The summed E-state index contributed by atoms with van der Waals surface area (Å²) in [7, 11) is 1.70. The molecule has 0 aliphatic heterocycles. The Morgan fingerprint density at radius 3 is 2.65 bits per heavy atom. The Kier molecular flexibility index (Phi) is 5.39. The first kappa shape index (κ1) is 14.4. The molecule has 0 amide bonds. The molecule has 2 aromatic rings. The minimum Gasteiger partial charge on any atom is -0.497 e. The average Bonchev–Trinajstić information content (AvgIpc) is 2.52. The van der Waals surface area contributed by atoms with Gasteiger partial charge in [-0.15, -0.1) is 0 Å². The summed E-state index contributed by atoms with van der Waals surface area (Å²) >= 11 is 0. The van der Waals surface area contributed by atoms with E-state index in [1.807, 2.05) is 30.3 Å². The van der Waals surface area contributed by atoms with Crippen LogP contribution in [-0.2, 0) is 6.42 Å². The summed E-state index contributed by atoms with van der Waals surface area (Å²) in [6, 6.07) is 18.5. The van der Waals surface area contributed by atoms with E-state index in [1.54, 1.807) is 7.11 Å². The number of benzene rings is 2. The second-order valence-electron chi connectivity index (χ2n) is 4.75. The Labute approximate surface area is 121 Å². The maximum atomic E-state index is 5.22. The first-order chi connectivity index (χ1) is 9.79. The molecule has 2 heteroatoms. The van der Waals surface area contributed by atoms with Gasteiger partial charge in [-0.1, -0.05) is 49.0 Å². The molecule has 0 aliphatic rings. The largest absolute Gasteiger partial charge is 0.497 e. The first-order valence-electron chi connectivity index (χ1n) is 6.86. The van der Waals surface area contributed by atoms with E-state index in [4.69, 9.17) is 4.74 Å². The van der Waals surface area contributed by atoms with Gasteiger partial charge in [-0.3, -0.25) is 0 Å². The van der Waals surface area contributed by atoms with Crippen molar-refractivity contribution in [3.8, 4) is 5.75 Å². The van der Waals surface area contributed by atoms with Gasteiger partial charge in [0.25, 0.3) is 0 Å². The van der Waals surface area contributed by atoms with E-state index in [-0.39, 0.29) is 0 Å². The second-order valence-corrected chi connectivity index (χ2v) is 4.75. The normalized spacial score (nSPS) is 10.2. The van der Waals surface area contributed by atoms with Gasteiger partial charge in [0, 0.05) is 6.54 Å². The lowest BCUT2D eigenvalue weighted by Gasteiger charge is -2.08. The maximum Gasteiger partial charge on any atom is 0.119 e. The first-order valence-corrected chi connectivity index (χ1v) is 6.86. The summed E-state index contributed by atoms with van der Waals surface area (Å²) in [4.78, 5) is 0. The summed E-state index contributed by atoms with van der Waals surface area (Å²) in [5, 5.41) is 3.43. The highest BCUT2D eigenvalue weighted by atomic mass is 16.5. The standard InChI is InChI=1S/C18H21NO/c1-15(17-8-4-3-5-9-17)14-19-12-11-16-7-6-10-18(13-16)20-2/h3-10,13,19H,1,11-12,14H2,2H3. The number of ether oxygens (including phenoxy) is 1. The van der Waals surface area contributed by atoms with Crippen molar-refractivity contribution in [2.24, 2.45) is 0 Å². The highest BCUT2D eigenvalue weighted by Gasteiger charge is 1.99. The molecule has 104 valence electrons. The Morgan fingerprint density at radius 1 is 1.10 bits per heavy atom. The van der Waals surface area contributed by atoms with Crippen molar-refractivity contribution < 1.29 is 4.74 Å². The molecule has 0 aromatic heterocycles. The van der Waals surface area contributed by atoms with E-state index in [9.17, 15) is 0 Å². The van der Waals surface area contributed by atoms with Crippen LogP contribution in [-0.4, -0.2) is 20.2 Å². The molecule has 2 nitrogen and oxygen atoms in total. The van der Waals surface area contributed by atoms with Crippen molar-refractivity contribution in [1.29, 1.82) is 0 Å². The van der Waals surface area contributed by atoms with Crippen molar-refractivity contribution in [1.82, 2.24) is 5.32 Å². The molecule has 2 rings (SSSR count). The summed E-state index contributed by atoms with van der Waals surface area (Å²) in [6.45, 7) is 5.86. The van der Waals surface area contributed by atoms with E-state index < -0.39 is 0 Å². The lowest BCUT2D eigenvalue weighted by atomic mass is 10.1. The van der Waals surface area contributed by atoms with Gasteiger partial charge in [0.15, 0.2) is 0 Å². The molecule has 0 saturated heterocycles. The van der Waals surface area contributed by atoms with Crippen LogP contribution in [0.1, 0.15) is 11.1 Å². The summed E-state index contributed by atoms with van der Waals surface area (Å²) in [5.41, 5.74) is 3.60. The molecule has 0 bridgehead atoms. The number of nitrogens with one attached hydrogen (secondary N) is 1. The molecule has 0 atom stereocenters. The summed E-state index contributed by atoms with van der Waals surface area (Å²) in [6.07, 6.45) is 0.985. The minimum absolute atomic E-state index is 0.813. The average molecular weight is 267 g/mol. The van der Waals surface area contributed by atoms with Gasteiger partial charge in [-0.25, -0.2) is 0 Å². The molecule has 2 aromatic carbocycles. The van der Waals surface area contributed by atoms with E-state index >= 15 is 0 Å². The molecule has 0 saturated carbocycles. The zero-order chi connectivity index (χ0) is 14.2. The summed E-state index contributed by atoms with van der Waals surface area (Å²) < 4.78 is 5.22. The fourth-order valence-electron chi connectivity index (χ4n) is 2.08. The minimum atomic E-state index is 0.813. The molecule has 0 spiro atoms. The Bertz CT molecular complexity index is 548. The van der Waals surface area contributed by atoms with E-state index in [2.05, 4.69) is 36.2 Å². The zero-order valence-electron chi connectivity index (χ0n) is 11.9. The van der Waals surface area contributed by atoms with Gasteiger partial charge in [-0.2, -0.15) is 0 Å². The smallest absolute Gasteiger partial charge is 0.119 e. The Morgan fingerprint density at radius 2 is 1.90 bits per heavy atom. The Balaban J connectivity index is 1.75. The predicted octanol–water partition coefficient (Wildman–Crippen LogP) is 3.54. The number of hydrogen-bond donors (Lipinski definition) is 1. The van der Waals surface area contributed by atoms with Crippen LogP contribution in [0.4, 0.5) is 0 Å². The van der Waals surface area contributed by atoms with Crippen LogP contribution < -0.4 is 10.1 Å². The molecule has 0 fully saturated rings. The third-order valence-electron chi connectivity index (χ3n) is 3.25. The molecular formula is C18H21NO. The fraction of sp³-hybridized carbons (Fsp3) is 0.222. The lowest BCUT2D eigenvalue weighted by Crippen LogP contribution is -2.19. The predicted molar refractivity (Wildman–Crippen MR) is 85.0 cm³/mol. The second kappa shape index (κ2) is 7.51. The number of hydrogen-bond acceptors (Lipinski definition) is 2. The quantitative estimate of drug-likeness (QED) is 0.775. The zero-order valence-corrected chi connectivity index (χ0v) is 11.9. The van der Waals surface area contributed by atoms with Crippen molar-refractivity contribution in [3.05, 3.63) is 72.3 Å². The van der Waals surface area contributed by atoms with Gasteiger partial charge >= 0.3 is 0 Å². The molecule has 20 heavy (non-hydrogen) atoms. The monoisotopic (exact) mass is 267 g/mol. The highest BCUT2D eigenvalue weighted by Crippen LogP contribution is 2.13. The summed E-state index contributed by atoms with van der Waals surface area (Å²) in [5.74, 6) is 0.913. The van der Waals surface area contributed by atoms with Crippen LogP contribution in [0.25, 0.3) is 5.57 Å². The maximum absolute atomic E-state index is 5.22. The van der Waals surface area contributed by atoms with Crippen LogP contribution in [0, 0.1) is 0 Å². The topological polar surface area (TPSA) is 21.3 Å². The van der Waals surface area contributed by atoms with E-state index in [1.165, 1.54) is 11.1 Å². The van der Waals surface area contributed by atoms with Gasteiger partial charge in [0.1, 0.15) is 5.75 Å². The van der Waals surface area contributed by atoms with Crippen LogP contribution >= 0.6 is 0 Å². The molecule has 1 N–H and O–H groups in total.